The molecule has 0 radical (unpaired) electrons. The van der Waals surface area contributed by atoms with Crippen LogP contribution in [0.2, 0.25) is 0 Å². The monoisotopic (exact) mass is 152 g/mol. The van der Waals surface area contributed by atoms with E-state index in [-0.39, 0.29) is 11.6 Å². The molecule has 2 rings (SSSR count). The van der Waals surface area contributed by atoms with Gasteiger partial charge in [0.05, 0.1) is 6.10 Å². The topological polar surface area (TPSA) is 62.0 Å². The molecule has 1 saturated carbocycles. The van der Waals surface area contributed by atoms with E-state index in [1.807, 2.05) is 18.5 Å². The van der Waals surface area contributed by atoms with Crippen LogP contribution >= 0.6 is 0 Å². The number of hydrogen-bond donors (Lipinski definition) is 3. The van der Waals surface area contributed by atoms with E-state index in [0.717, 1.165) is 5.56 Å². The molecule has 1 aromatic rings. The summed E-state index contributed by atoms with van der Waals surface area (Å²) in [5.74, 6) is 0. The molecule has 0 aromatic carbocycles. The third kappa shape index (κ3) is 0.968. The molecule has 0 aliphatic heterocycles. The van der Waals surface area contributed by atoms with Gasteiger partial charge in [-0.25, -0.2) is 0 Å². The lowest BCUT2D eigenvalue weighted by atomic mass is 9.71. The lowest BCUT2D eigenvalue weighted by molar-refractivity contribution is 0.0210. The lowest BCUT2D eigenvalue weighted by Gasteiger charge is -2.41. The van der Waals surface area contributed by atoms with Crippen molar-refractivity contribution in [2.75, 3.05) is 0 Å². The molecule has 0 bridgehead atoms. The summed E-state index contributed by atoms with van der Waals surface area (Å²) in [5, 5.41) is 9.09. The molecule has 0 amide bonds. The Bertz CT molecular complexity index is 237. The summed E-state index contributed by atoms with van der Waals surface area (Å²) >= 11 is 0. The van der Waals surface area contributed by atoms with Crippen LogP contribution < -0.4 is 5.73 Å². The van der Waals surface area contributed by atoms with Crippen LogP contribution in [0.4, 0.5) is 0 Å². The maximum absolute atomic E-state index is 9.09. The largest absolute Gasteiger partial charge is 0.393 e. The Morgan fingerprint density at radius 2 is 2.36 bits per heavy atom. The van der Waals surface area contributed by atoms with Crippen LogP contribution in [-0.2, 0) is 5.54 Å². The number of aromatic nitrogens is 1. The smallest absolute Gasteiger partial charge is 0.0582 e. The van der Waals surface area contributed by atoms with Gasteiger partial charge in [-0.2, -0.15) is 0 Å². The molecule has 3 nitrogen and oxygen atoms in total. The number of rotatable bonds is 1. The molecule has 60 valence electrons. The lowest BCUT2D eigenvalue weighted by Crippen LogP contribution is -2.51. The van der Waals surface area contributed by atoms with E-state index in [0.29, 0.717) is 12.8 Å². The normalized spacial score (nSPS) is 36.7. The van der Waals surface area contributed by atoms with E-state index in [1.54, 1.807) is 0 Å². The van der Waals surface area contributed by atoms with Gasteiger partial charge in [0.15, 0.2) is 0 Å². The molecule has 1 aromatic heterocycles. The van der Waals surface area contributed by atoms with Crippen molar-refractivity contribution >= 4 is 0 Å². The molecular weight excluding hydrogens is 140 g/mol. The molecule has 3 heteroatoms. The highest BCUT2D eigenvalue weighted by Gasteiger charge is 2.41. The first-order valence-electron chi connectivity index (χ1n) is 3.81. The number of hydrogen-bond acceptors (Lipinski definition) is 2. The van der Waals surface area contributed by atoms with Gasteiger partial charge in [-0.1, -0.05) is 0 Å². The van der Waals surface area contributed by atoms with Crippen molar-refractivity contribution in [1.82, 2.24) is 4.98 Å². The molecule has 11 heavy (non-hydrogen) atoms. The maximum atomic E-state index is 9.09. The van der Waals surface area contributed by atoms with E-state index in [2.05, 4.69) is 4.98 Å². The predicted molar refractivity (Wildman–Crippen MR) is 41.9 cm³/mol. The van der Waals surface area contributed by atoms with Gasteiger partial charge in [-0.05, 0) is 24.5 Å². The molecule has 0 unspecified atom stereocenters. The Balaban J connectivity index is 2.18. The summed E-state index contributed by atoms with van der Waals surface area (Å²) < 4.78 is 0. The van der Waals surface area contributed by atoms with E-state index in [4.69, 9.17) is 10.8 Å². The van der Waals surface area contributed by atoms with Crippen molar-refractivity contribution in [2.45, 2.75) is 24.5 Å². The predicted octanol–water partition coefficient (Wildman–Crippen LogP) is 0.323. The standard InChI is InChI=1S/C8H12N2O/c9-8(3-7(11)4-8)6-1-2-10-5-6/h1-2,5,7,10-11H,3-4,9H2. The highest BCUT2D eigenvalue weighted by molar-refractivity contribution is 5.24. The SMILES string of the molecule is NC1(c2cc[nH]c2)CC(O)C1. The van der Waals surface area contributed by atoms with Crippen LogP contribution in [0.25, 0.3) is 0 Å². The Kier molecular flexibility index (Phi) is 1.31. The van der Waals surface area contributed by atoms with Crippen molar-refractivity contribution < 1.29 is 5.11 Å². The van der Waals surface area contributed by atoms with Crippen molar-refractivity contribution in [3.05, 3.63) is 24.0 Å². The van der Waals surface area contributed by atoms with Crippen molar-refractivity contribution in [3.63, 3.8) is 0 Å². The zero-order valence-electron chi connectivity index (χ0n) is 6.25. The summed E-state index contributed by atoms with van der Waals surface area (Å²) in [6.07, 6.45) is 4.92. The number of aliphatic hydroxyl groups excluding tert-OH is 1. The van der Waals surface area contributed by atoms with Gasteiger partial charge < -0.3 is 15.8 Å². The van der Waals surface area contributed by atoms with Crippen LogP contribution in [-0.4, -0.2) is 16.2 Å². The van der Waals surface area contributed by atoms with E-state index in [9.17, 15) is 0 Å². The molecule has 1 heterocycles. The van der Waals surface area contributed by atoms with E-state index in [1.165, 1.54) is 0 Å². The van der Waals surface area contributed by atoms with Crippen LogP contribution in [0.15, 0.2) is 18.5 Å². The zero-order chi connectivity index (χ0) is 7.90. The Morgan fingerprint density at radius 1 is 1.64 bits per heavy atom. The summed E-state index contributed by atoms with van der Waals surface area (Å²) in [7, 11) is 0. The van der Waals surface area contributed by atoms with Crippen LogP contribution in [0.3, 0.4) is 0 Å². The fraction of sp³-hybridized carbons (Fsp3) is 0.500. The Morgan fingerprint density at radius 3 is 2.82 bits per heavy atom. The van der Waals surface area contributed by atoms with Gasteiger partial charge in [0.25, 0.3) is 0 Å². The van der Waals surface area contributed by atoms with Gasteiger partial charge in [0, 0.05) is 17.9 Å². The fourth-order valence-electron chi connectivity index (χ4n) is 1.65. The first-order valence-corrected chi connectivity index (χ1v) is 3.81. The van der Waals surface area contributed by atoms with Crippen LogP contribution in [0, 0.1) is 0 Å². The number of aromatic amines is 1. The molecular formula is C8H12N2O. The molecule has 4 N–H and O–H groups in total. The van der Waals surface area contributed by atoms with Gasteiger partial charge in [-0.3, -0.25) is 0 Å². The highest BCUT2D eigenvalue weighted by atomic mass is 16.3. The zero-order valence-corrected chi connectivity index (χ0v) is 6.25. The highest BCUT2D eigenvalue weighted by Crippen LogP contribution is 2.38. The molecule has 0 spiro atoms. The molecule has 0 atom stereocenters. The quantitative estimate of drug-likeness (QED) is 0.542. The third-order valence-electron chi connectivity index (χ3n) is 2.37. The summed E-state index contributed by atoms with van der Waals surface area (Å²) in [6.45, 7) is 0. The molecule has 1 aliphatic rings. The number of nitrogens with two attached hydrogens (primary N) is 1. The van der Waals surface area contributed by atoms with Gasteiger partial charge >= 0.3 is 0 Å². The van der Waals surface area contributed by atoms with E-state index < -0.39 is 0 Å². The minimum absolute atomic E-state index is 0.199. The van der Waals surface area contributed by atoms with Crippen molar-refractivity contribution in [3.8, 4) is 0 Å². The van der Waals surface area contributed by atoms with Gasteiger partial charge in [-0.15, -0.1) is 0 Å². The minimum Gasteiger partial charge on any atom is -0.393 e. The third-order valence-corrected chi connectivity index (χ3v) is 2.37. The van der Waals surface area contributed by atoms with Crippen molar-refractivity contribution in [1.29, 1.82) is 0 Å². The number of nitrogens with one attached hydrogen (secondary N) is 1. The summed E-state index contributed by atoms with van der Waals surface area (Å²) in [5.41, 5.74) is 6.81. The maximum Gasteiger partial charge on any atom is 0.0582 e. The Labute approximate surface area is 65.2 Å². The van der Waals surface area contributed by atoms with Gasteiger partial charge in [0.2, 0.25) is 0 Å². The Hall–Kier alpha value is -0.800. The second-order valence-electron chi connectivity index (χ2n) is 3.32. The van der Waals surface area contributed by atoms with Crippen LogP contribution in [0.5, 0.6) is 0 Å². The summed E-state index contributed by atoms with van der Waals surface area (Å²) in [6, 6.07) is 1.96. The number of H-pyrrole nitrogens is 1. The second-order valence-corrected chi connectivity index (χ2v) is 3.32. The van der Waals surface area contributed by atoms with Gasteiger partial charge in [0.1, 0.15) is 0 Å². The minimum atomic E-state index is -0.264. The van der Waals surface area contributed by atoms with Crippen LogP contribution in [0.1, 0.15) is 18.4 Å². The molecule has 1 fully saturated rings. The average molecular weight is 152 g/mol. The molecule has 0 saturated heterocycles. The van der Waals surface area contributed by atoms with E-state index >= 15 is 0 Å². The second kappa shape index (κ2) is 2.09. The molecule has 1 aliphatic carbocycles. The first kappa shape index (κ1) is 6.88. The summed E-state index contributed by atoms with van der Waals surface area (Å²) in [4.78, 5) is 2.96. The average Bonchev–Trinajstić information content (AvgIpc) is 2.34. The first-order chi connectivity index (χ1) is 5.21. The van der Waals surface area contributed by atoms with Crippen molar-refractivity contribution in [2.24, 2.45) is 5.73 Å². The fourth-order valence-corrected chi connectivity index (χ4v) is 1.65. The number of aliphatic hydroxyl groups is 1.